The SMILES string of the molecule is CC(C)N1CCC(c2nc(CCN)co2)C1. The number of hydrogen-bond acceptors (Lipinski definition) is 4. The van der Waals surface area contributed by atoms with Crippen molar-refractivity contribution in [1.29, 1.82) is 0 Å². The van der Waals surface area contributed by atoms with E-state index in [-0.39, 0.29) is 0 Å². The molecule has 2 N–H and O–H groups in total. The molecule has 4 heteroatoms. The van der Waals surface area contributed by atoms with Crippen molar-refractivity contribution in [2.75, 3.05) is 19.6 Å². The molecule has 1 fully saturated rings. The quantitative estimate of drug-likeness (QED) is 0.837. The van der Waals surface area contributed by atoms with Crippen LogP contribution >= 0.6 is 0 Å². The van der Waals surface area contributed by atoms with E-state index in [0.717, 1.165) is 37.5 Å². The van der Waals surface area contributed by atoms with Crippen LogP contribution in [0.3, 0.4) is 0 Å². The van der Waals surface area contributed by atoms with Gasteiger partial charge in [0.05, 0.1) is 5.69 Å². The molecule has 16 heavy (non-hydrogen) atoms. The fourth-order valence-corrected chi connectivity index (χ4v) is 2.23. The van der Waals surface area contributed by atoms with E-state index in [4.69, 9.17) is 10.2 Å². The van der Waals surface area contributed by atoms with E-state index in [0.29, 0.717) is 18.5 Å². The van der Waals surface area contributed by atoms with Crippen molar-refractivity contribution in [1.82, 2.24) is 9.88 Å². The zero-order chi connectivity index (χ0) is 11.5. The fourth-order valence-electron chi connectivity index (χ4n) is 2.23. The van der Waals surface area contributed by atoms with Gasteiger partial charge in [0.25, 0.3) is 0 Å². The Hall–Kier alpha value is -0.870. The Labute approximate surface area is 96.8 Å². The number of oxazole rings is 1. The molecule has 1 aromatic heterocycles. The molecule has 1 aromatic rings. The first-order valence-corrected chi connectivity index (χ1v) is 6.09. The van der Waals surface area contributed by atoms with Crippen LogP contribution in [0.1, 0.15) is 37.8 Å². The summed E-state index contributed by atoms with van der Waals surface area (Å²) in [7, 11) is 0. The largest absolute Gasteiger partial charge is 0.448 e. The van der Waals surface area contributed by atoms with E-state index in [2.05, 4.69) is 23.7 Å². The first-order chi connectivity index (χ1) is 7.70. The number of aromatic nitrogens is 1. The molecule has 2 rings (SSSR count). The first kappa shape index (κ1) is 11.6. The molecule has 0 spiro atoms. The number of nitrogens with zero attached hydrogens (tertiary/aromatic N) is 2. The van der Waals surface area contributed by atoms with Crippen LogP contribution in [-0.4, -0.2) is 35.6 Å². The van der Waals surface area contributed by atoms with E-state index in [1.165, 1.54) is 0 Å². The lowest BCUT2D eigenvalue weighted by Crippen LogP contribution is -2.27. The molecule has 2 heterocycles. The lowest BCUT2D eigenvalue weighted by atomic mass is 10.1. The van der Waals surface area contributed by atoms with Crippen LogP contribution < -0.4 is 5.73 Å². The minimum absolute atomic E-state index is 0.467. The van der Waals surface area contributed by atoms with Gasteiger partial charge in [-0.25, -0.2) is 4.98 Å². The Bertz CT molecular complexity index is 335. The number of rotatable bonds is 4. The maximum Gasteiger partial charge on any atom is 0.198 e. The van der Waals surface area contributed by atoms with Crippen molar-refractivity contribution in [3.63, 3.8) is 0 Å². The highest BCUT2D eigenvalue weighted by molar-refractivity contribution is 5.04. The summed E-state index contributed by atoms with van der Waals surface area (Å²) in [6.45, 7) is 7.32. The number of likely N-dealkylation sites (tertiary alicyclic amines) is 1. The first-order valence-electron chi connectivity index (χ1n) is 6.09. The molecule has 1 unspecified atom stereocenters. The summed E-state index contributed by atoms with van der Waals surface area (Å²) in [6.07, 6.45) is 3.71. The normalized spacial score (nSPS) is 22.1. The molecule has 1 saturated heterocycles. The van der Waals surface area contributed by atoms with Crippen molar-refractivity contribution in [2.24, 2.45) is 5.73 Å². The number of nitrogens with two attached hydrogens (primary N) is 1. The Kier molecular flexibility index (Phi) is 3.61. The molecular weight excluding hydrogens is 202 g/mol. The van der Waals surface area contributed by atoms with Gasteiger partial charge in [-0.15, -0.1) is 0 Å². The summed E-state index contributed by atoms with van der Waals surface area (Å²) in [5.41, 5.74) is 6.48. The molecule has 0 bridgehead atoms. The van der Waals surface area contributed by atoms with Crippen LogP contribution in [0.4, 0.5) is 0 Å². The van der Waals surface area contributed by atoms with E-state index >= 15 is 0 Å². The molecule has 0 saturated carbocycles. The summed E-state index contributed by atoms with van der Waals surface area (Å²) >= 11 is 0. The minimum atomic E-state index is 0.467. The van der Waals surface area contributed by atoms with Gasteiger partial charge in [-0.2, -0.15) is 0 Å². The Morgan fingerprint density at radius 3 is 3.06 bits per heavy atom. The predicted octanol–water partition coefficient (Wildman–Crippen LogP) is 1.37. The zero-order valence-electron chi connectivity index (χ0n) is 10.1. The summed E-state index contributed by atoms with van der Waals surface area (Å²) in [5.74, 6) is 1.36. The van der Waals surface area contributed by atoms with E-state index in [1.807, 2.05) is 0 Å². The van der Waals surface area contributed by atoms with Gasteiger partial charge in [-0.1, -0.05) is 0 Å². The third-order valence-electron chi connectivity index (χ3n) is 3.27. The Morgan fingerprint density at radius 1 is 1.62 bits per heavy atom. The highest BCUT2D eigenvalue weighted by Gasteiger charge is 2.28. The van der Waals surface area contributed by atoms with Gasteiger partial charge in [0, 0.05) is 24.9 Å². The average molecular weight is 223 g/mol. The molecule has 1 atom stereocenters. The second kappa shape index (κ2) is 4.97. The van der Waals surface area contributed by atoms with Crippen LogP contribution in [0.15, 0.2) is 10.7 Å². The third-order valence-corrected chi connectivity index (χ3v) is 3.27. The van der Waals surface area contributed by atoms with Gasteiger partial charge in [0.15, 0.2) is 5.89 Å². The van der Waals surface area contributed by atoms with Crippen molar-refractivity contribution < 1.29 is 4.42 Å². The molecule has 0 aliphatic carbocycles. The molecular formula is C12H21N3O. The van der Waals surface area contributed by atoms with Crippen molar-refractivity contribution in [3.05, 3.63) is 17.8 Å². The fraction of sp³-hybridized carbons (Fsp3) is 0.750. The van der Waals surface area contributed by atoms with E-state index in [9.17, 15) is 0 Å². The smallest absolute Gasteiger partial charge is 0.198 e. The third kappa shape index (κ3) is 2.44. The molecule has 1 aliphatic rings. The van der Waals surface area contributed by atoms with Crippen LogP contribution in [0.25, 0.3) is 0 Å². The lowest BCUT2D eigenvalue weighted by molar-refractivity contribution is 0.268. The van der Waals surface area contributed by atoms with Gasteiger partial charge in [0.2, 0.25) is 0 Å². The minimum Gasteiger partial charge on any atom is -0.448 e. The van der Waals surface area contributed by atoms with Crippen LogP contribution in [0, 0.1) is 0 Å². The van der Waals surface area contributed by atoms with Crippen molar-refractivity contribution in [3.8, 4) is 0 Å². The topological polar surface area (TPSA) is 55.3 Å². The highest BCUT2D eigenvalue weighted by atomic mass is 16.3. The lowest BCUT2D eigenvalue weighted by Gasteiger charge is -2.19. The van der Waals surface area contributed by atoms with Gasteiger partial charge < -0.3 is 15.1 Å². The summed E-state index contributed by atoms with van der Waals surface area (Å²) in [6, 6.07) is 0.614. The van der Waals surface area contributed by atoms with Crippen LogP contribution in [0.2, 0.25) is 0 Å². The summed E-state index contributed by atoms with van der Waals surface area (Å²) < 4.78 is 5.54. The Balaban J connectivity index is 1.97. The second-order valence-electron chi connectivity index (χ2n) is 4.79. The van der Waals surface area contributed by atoms with Crippen LogP contribution in [0.5, 0.6) is 0 Å². The monoisotopic (exact) mass is 223 g/mol. The molecule has 90 valence electrons. The maximum absolute atomic E-state index is 5.54. The van der Waals surface area contributed by atoms with E-state index < -0.39 is 0 Å². The van der Waals surface area contributed by atoms with E-state index in [1.54, 1.807) is 6.26 Å². The molecule has 4 nitrogen and oxygen atoms in total. The van der Waals surface area contributed by atoms with Gasteiger partial charge in [-0.3, -0.25) is 0 Å². The predicted molar refractivity (Wildman–Crippen MR) is 63.3 cm³/mol. The average Bonchev–Trinajstić information content (AvgIpc) is 2.84. The van der Waals surface area contributed by atoms with Gasteiger partial charge >= 0.3 is 0 Å². The van der Waals surface area contributed by atoms with Gasteiger partial charge in [-0.05, 0) is 33.4 Å². The van der Waals surface area contributed by atoms with Crippen molar-refractivity contribution >= 4 is 0 Å². The maximum atomic E-state index is 5.54. The second-order valence-corrected chi connectivity index (χ2v) is 4.79. The van der Waals surface area contributed by atoms with Crippen molar-refractivity contribution in [2.45, 2.75) is 38.6 Å². The van der Waals surface area contributed by atoms with Gasteiger partial charge in [0.1, 0.15) is 6.26 Å². The molecule has 0 radical (unpaired) electrons. The Morgan fingerprint density at radius 2 is 2.44 bits per heavy atom. The molecule has 0 aromatic carbocycles. The zero-order valence-corrected chi connectivity index (χ0v) is 10.1. The van der Waals surface area contributed by atoms with Crippen LogP contribution in [-0.2, 0) is 6.42 Å². The summed E-state index contributed by atoms with van der Waals surface area (Å²) in [4.78, 5) is 6.97. The molecule has 0 amide bonds. The standard InChI is InChI=1S/C12H21N3O/c1-9(2)15-6-4-10(7-15)12-14-11(3-5-13)8-16-12/h8-10H,3-7,13H2,1-2H3. The molecule has 1 aliphatic heterocycles. The summed E-state index contributed by atoms with van der Waals surface area (Å²) in [5, 5.41) is 0. The highest BCUT2D eigenvalue weighted by Crippen LogP contribution is 2.27. The number of hydrogen-bond donors (Lipinski definition) is 1.